The van der Waals surface area contributed by atoms with Gasteiger partial charge in [-0.3, -0.25) is 9.35 Å². The number of hydrogen-bond donors (Lipinski definition) is 2. The predicted molar refractivity (Wildman–Crippen MR) is 129 cm³/mol. The van der Waals surface area contributed by atoms with Crippen LogP contribution in [-0.2, 0) is 26.1 Å². The highest BCUT2D eigenvalue weighted by Gasteiger charge is 2.21. The summed E-state index contributed by atoms with van der Waals surface area (Å²) in [4.78, 5) is 11.6. The van der Waals surface area contributed by atoms with E-state index in [1.165, 1.54) is 19.2 Å². The molecule has 36 heavy (non-hydrogen) atoms. The van der Waals surface area contributed by atoms with Gasteiger partial charge in [0.2, 0.25) is 0 Å². The van der Waals surface area contributed by atoms with Crippen LogP contribution in [0.15, 0.2) is 71.6 Å². The average molecular weight is 524 g/mol. The second kappa shape index (κ2) is 13.2. The van der Waals surface area contributed by atoms with Crippen molar-refractivity contribution >= 4 is 16.1 Å². The van der Waals surface area contributed by atoms with Crippen LogP contribution in [0.1, 0.15) is 36.1 Å². The zero-order valence-corrected chi connectivity index (χ0v) is 20.9. The van der Waals surface area contributed by atoms with E-state index in [0.717, 1.165) is 17.2 Å². The highest BCUT2D eigenvalue weighted by Crippen LogP contribution is 2.19. The molecule has 0 fully saturated rings. The summed E-state index contributed by atoms with van der Waals surface area (Å²) in [5, 5.41) is 3.22. The fourth-order valence-electron chi connectivity index (χ4n) is 3.36. The van der Waals surface area contributed by atoms with Gasteiger partial charge >= 0.3 is 5.97 Å². The van der Waals surface area contributed by atoms with Crippen LogP contribution in [0.4, 0.5) is 13.2 Å². The number of halogens is 3. The van der Waals surface area contributed by atoms with Gasteiger partial charge < -0.3 is 10.1 Å². The summed E-state index contributed by atoms with van der Waals surface area (Å²) >= 11 is 0. The van der Waals surface area contributed by atoms with Crippen LogP contribution < -0.4 is 5.32 Å². The van der Waals surface area contributed by atoms with Crippen molar-refractivity contribution in [2.24, 2.45) is 0 Å². The smallest absolute Gasteiger partial charge is 0.307 e. The van der Waals surface area contributed by atoms with E-state index >= 15 is 0 Å². The van der Waals surface area contributed by atoms with E-state index < -0.39 is 39.6 Å². The summed E-state index contributed by atoms with van der Waals surface area (Å²) in [6.45, 7) is 3.75. The molecule has 3 aromatic carbocycles. The van der Waals surface area contributed by atoms with Gasteiger partial charge in [-0.1, -0.05) is 48.0 Å². The Morgan fingerprint density at radius 1 is 0.972 bits per heavy atom. The van der Waals surface area contributed by atoms with E-state index in [1.54, 1.807) is 12.1 Å². The lowest BCUT2D eigenvalue weighted by atomic mass is 10.00. The van der Waals surface area contributed by atoms with Crippen molar-refractivity contribution in [1.82, 2.24) is 5.32 Å². The first kappa shape index (κ1) is 29.0. The third-order valence-electron chi connectivity index (χ3n) is 5.30. The van der Waals surface area contributed by atoms with Gasteiger partial charge in [0.25, 0.3) is 10.1 Å². The molecule has 0 bridgehead atoms. The molecule has 0 amide bonds. The fraction of sp³-hybridized carbons (Fsp3) is 0.269. The van der Waals surface area contributed by atoms with Crippen molar-refractivity contribution < 1.29 is 35.7 Å². The molecule has 0 unspecified atom stereocenters. The maximum Gasteiger partial charge on any atom is 0.307 e. The lowest BCUT2D eigenvalue weighted by Crippen LogP contribution is -2.36. The lowest BCUT2D eigenvalue weighted by Gasteiger charge is -2.23. The molecule has 0 aromatic heterocycles. The Bertz CT molecular complexity index is 1250. The van der Waals surface area contributed by atoms with Crippen LogP contribution >= 0.6 is 0 Å². The predicted octanol–water partition coefficient (Wildman–Crippen LogP) is 5.17. The molecule has 6 nitrogen and oxygen atoms in total. The topological polar surface area (TPSA) is 92.7 Å². The van der Waals surface area contributed by atoms with Crippen LogP contribution in [0, 0.1) is 24.4 Å². The molecule has 0 saturated heterocycles. The van der Waals surface area contributed by atoms with Crippen molar-refractivity contribution in [3.05, 3.63) is 101 Å². The molecule has 0 aliphatic rings. The molecule has 3 rings (SSSR count). The first-order valence-corrected chi connectivity index (χ1v) is 12.4. The molecule has 0 radical (unpaired) electrons. The van der Waals surface area contributed by atoms with Gasteiger partial charge in [0.1, 0.15) is 5.82 Å². The highest BCUT2D eigenvalue weighted by molar-refractivity contribution is 7.85. The average Bonchev–Trinajstić information content (AvgIpc) is 2.83. The summed E-state index contributed by atoms with van der Waals surface area (Å²) in [7, 11) is -2.76. The number of nitrogens with one attached hydrogen (secondary N) is 1. The van der Waals surface area contributed by atoms with Gasteiger partial charge in [0.15, 0.2) is 11.6 Å². The maximum absolute atomic E-state index is 13.9. The quantitative estimate of drug-likeness (QED) is 0.240. The van der Waals surface area contributed by atoms with E-state index in [0.29, 0.717) is 6.07 Å². The zero-order chi connectivity index (χ0) is 26.9. The molecular formula is C26H28F3NO5S. The standard InChI is InChI=1S/C19H20F3NO2.C7H8O3S/c1-12(13-6-4-3-5-7-13)23-15(10-19(24)25-2)8-14-9-17(21)18(22)11-16(14)20;1-6-2-4-7(5-3-6)11(8,9)10/h3-7,9,11-12,15,23H,8,10H2,1-2H3;2-5H,1H3,(H,8,9,10)/t12-,15-;/m1./s1. The van der Waals surface area contributed by atoms with Gasteiger partial charge in [-0.25, -0.2) is 13.2 Å². The van der Waals surface area contributed by atoms with Crippen LogP contribution in [0.25, 0.3) is 0 Å². The number of ether oxygens (including phenoxy) is 1. The molecule has 194 valence electrons. The summed E-state index contributed by atoms with van der Waals surface area (Å²) in [6, 6.07) is 16.2. The van der Waals surface area contributed by atoms with Gasteiger partial charge in [-0.15, -0.1) is 0 Å². The summed E-state index contributed by atoms with van der Waals surface area (Å²) in [5.74, 6) is -3.68. The van der Waals surface area contributed by atoms with Crippen molar-refractivity contribution in [1.29, 1.82) is 0 Å². The normalized spacial score (nSPS) is 12.8. The summed E-state index contributed by atoms with van der Waals surface area (Å²) in [5.41, 5.74) is 1.95. The number of rotatable bonds is 8. The second-order valence-electron chi connectivity index (χ2n) is 8.13. The Kier molecular flexibility index (Phi) is 10.6. The first-order valence-electron chi connectivity index (χ1n) is 11.0. The molecule has 2 N–H and O–H groups in total. The number of methoxy groups -OCH3 is 1. The van der Waals surface area contributed by atoms with E-state index in [4.69, 9.17) is 4.55 Å². The molecular weight excluding hydrogens is 495 g/mol. The Morgan fingerprint density at radius 3 is 2.11 bits per heavy atom. The fourth-order valence-corrected chi connectivity index (χ4v) is 3.84. The number of aryl methyl sites for hydroxylation is 1. The number of benzene rings is 3. The molecule has 0 aliphatic carbocycles. The Hall–Kier alpha value is -3.21. The number of esters is 1. The van der Waals surface area contributed by atoms with Crippen LogP contribution in [0.5, 0.6) is 0 Å². The maximum atomic E-state index is 13.9. The minimum atomic E-state index is -4.02. The SMILES string of the molecule is COC(=O)C[C@@H](Cc1cc(F)c(F)cc1F)N[C@H](C)c1ccccc1.Cc1ccc(S(=O)(=O)O)cc1. The van der Waals surface area contributed by atoms with E-state index in [2.05, 4.69) is 10.1 Å². The number of carbonyl (C=O) groups is 1. The Morgan fingerprint density at radius 2 is 1.56 bits per heavy atom. The minimum Gasteiger partial charge on any atom is -0.469 e. The minimum absolute atomic E-state index is 0.000523. The molecule has 10 heteroatoms. The molecule has 0 heterocycles. The molecule has 3 aromatic rings. The van der Waals surface area contributed by atoms with Crippen LogP contribution in [0.3, 0.4) is 0 Å². The number of hydrogen-bond acceptors (Lipinski definition) is 5. The number of carbonyl (C=O) groups excluding carboxylic acids is 1. The monoisotopic (exact) mass is 523 g/mol. The molecule has 0 aliphatic heterocycles. The van der Waals surface area contributed by atoms with Crippen molar-refractivity contribution in [2.45, 2.75) is 43.7 Å². The van der Waals surface area contributed by atoms with E-state index in [9.17, 15) is 26.4 Å². The Balaban J connectivity index is 0.000000346. The third kappa shape index (κ3) is 9.10. The third-order valence-corrected chi connectivity index (χ3v) is 6.17. The largest absolute Gasteiger partial charge is 0.469 e. The molecule has 0 spiro atoms. The van der Waals surface area contributed by atoms with Gasteiger partial charge in [0.05, 0.1) is 18.4 Å². The lowest BCUT2D eigenvalue weighted by molar-refractivity contribution is -0.141. The zero-order valence-electron chi connectivity index (χ0n) is 20.0. The molecule has 0 saturated carbocycles. The van der Waals surface area contributed by atoms with E-state index in [-0.39, 0.29) is 29.3 Å². The van der Waals surface area contributed by atoms with Gasteiger partial charge in [-0.05, 0) is 49.6 Å². The second-order valence-corrected chi connectivity index (χ2v) is 9.55. The van der Waals surface area contributed by atoms with Crippen LogP contribution in [0.2, 0.25) is 0 Å². The van der Waals surface area contributed by atoms with Crippen LogP contribution in [-0.4, -0.2) is 32.1 Å². The van der Waals surface area contributed by atoms with Gasteiger partial charge in [-0.2, -0.15) is 8.42 Å². The Labute approximate surface area is 208 Å². The summed E-state index contributed by atoms with van der Waals surface area (Å²) in [6.07, 6.45) is 0.00140. The van der Waals surface area contributed by atoms with Crippen molar-refractivity contribution in [3.8, 4) is 0 Å². The van der Waals surface area contributed by atoms with Crippen molar-refractivity contribution in [3.63, 3.8) is 0 Å². The first-order chi connectivity index (χ1) is 16.9. The van der Waals surface area contributed by atoms with Gasteiger partial charge in [0, 0.05) is 18.2 Å². The highest BCUT2D eigenvalue weighted by atomic mass is 32.2. The van der Waals surface area contributed by atoms with E-state index in [1.807, 2.05) is 44.2 Å². The molecule has 2 atom stereocenters. The summed E-state index contributed by atoms with van der Waals surface area (Å²) < 4.78 is 74.6. The van der Waals surface area contributed by atoms with Crippen molar-refractivity contribution in [2.75, 3.05) is 7.11 Å².